The first-order valence-electron chi connectivity index (χ1n) is 8.57. The topological polar surface area (TPSA) is 55.8 Å². The molecule has 0 aliphatic heterocycles. The van der Waals surface area contributed by atoms with Gasteiger partial charge < -0.3 is 14.6 Å². The number of allylic oxidation sites excluding steroid dienone is 2. The van der Waals surface area contributed by atoms with Crippen LogP contribution in [0.2, 0.25) is 0 Å². The highest BCUT2D eigenvalue weighted by atomic mass is 16.5. The van der Waals surface area contributed by atoms with E-state index in [-0.39, 0.29) is 11.5 Å². The molecule has 0 bridgehead atoms. The molecule has 0 heterocycles. The third kappa shape index (κ3) is 3.97. The van der Waals surface area contributed by atoms with Gasteiger partial charge >= 0.3 is 0 Å². The molecule has 2 aromatic rings. The number of Topliss-reactive ketones (excluding diaryl/α,β-unsaturated/α-hetero) is 1. The molecular formula is C22H22O4. The SMILES string of the molecule is COc1ccc(C=C2CCCC(=Cc3cccc(O)c3)C2=O)cc1OC. The minimum Gasteiger partial charge on any atom is -0.508 e. The normalized spacial score (nSPS) is 17.5. The van der Waals surface area contributed by atoms with Crippen molar-refractivity contribution in [3.8, 4) is 17.2 Å². The van der Waals surface area contributed by atoms with Gasteiger partial charge in [0.2, 0.25) is 0 Å². The van der Waals surface area contributed by atoms with Crippen molar-refractivity contribution in [2.24, 2.45) is 0 Å². The van der Waals surface area contributed by atoms with Gasteiger partial charge in [-0.1, -0.05) is 18.2 Å². The number of aromatic hydroxyl groups is 1. The van der Waals surface area contributed by atoms with E-state index in [4.69, 9.17) is 9.47 Å². The molecule has 4 nitrogen and oxygen atoms in total. The van der Waals surface area contributed by atoms with Crippen LogP contribution in [0.3, 0.4) is 0 Å². The first-order valence-corrected chi connectivity index (χ1v) is 8.57. The maximum absolute atomic E-state index is 12.8. The number of phenols is 1. The molecule has 26 heavy (non-hydrogen) atoms. The van der Waals surface area contributed by atoms with Gasteiger partial charge in [0, 0.05) is 11.1 Å². The Balaban J connectivity index is 1.89. The molecule has 3 rings (SSSR count). The summed E-state index contributed by atoms with van der Waals surface area (Å²) in [4.78, 5) is 12.8. The van der Waals surface area contributed by atoms with Crippen LogP contribution in [0.5, 0.6) is 17.2 Å². The lowest BCUT2D eigenvalue weighted by atomic mass is 9.87. The highest BCUT2D eigenvalue weighted by molar-refractivity contribution is 6.14. The van der Waals surface area contributed by atoms with E-state index in [0.29, 0.717) is 11.5 Å². The summed E-state index contributed by atoms with van der Waals surface area (Å²) < 4.78 is 10.6. The smallest absolute Gasteiger partial charge is 0.185 e. The van der Waals surface area contributed by atoms with Crippen LogP contribution in [0, 0.1) is 0 Å². The summed E-state index contributed by atoms with van der Waals surface area (Å²) >= 11 is 0. The molecule has 0 radical (unpaired) electrons. The van der Waals surface area contributed by atoms with Crippen molar-refractivity contribution in [3.05, 3.63) is 64.7 Å². The number of hydrogen-bond donors (Lipinski definition) is 1. The van der Waals surface area contributed by atoms with E-state index in [2.05, 4.69) is 0 Å². The number of methoxy groups -OCH3 is 2. The van der Waals surface area contributed by atoms with Crippen LogP contribution in [0.1, 0.15) is 30.4 Å². The Morgan fingerprint density at radius 2 is 1.54 bits per heavy atom. The monoisotopic (exact) mass is 350 g/mol. The Kier molecular flexibility index (Phi) is 5.42. The fraction of sp³-hybridized carbons (Fsp3) is 0.227. The van der Waals surface area contributed by atoms with E-state index < -0.39 is 0 Å². The zero-order valence-electron chi connectivity index (χ0n) is 15.0. The molecule has 1 aliphatic carbocycles. The third-order valence-electron chi connectivity index (χ3n) is 4.44. The average Bonchev–Trinajstić information content (AvgIpc) is 2.65. The van der Waals surface area contributed by atoms with Crippen molar-refractivity contribution >= 4 is 17.9 Å². The number of ether oxygens (including phenoxy) is 2. The van der Waals surface area contributed by atoms with Gasteiger partial charge in [0.15, 0.2) is 17.3 Å². The largest absolute Gasteiger partial charge is 0.508 e. The number of carbonyl (C=O) groups excluding carboxylic acids is 1. The van der Waals surface area contributed by atoms with E-state index in [1.54, 1.807) is 32.4 Å². The maximum Gasteiger partial charge on any atom is 0.185 e. The van der Waals surface area contributed by atoms with E-state index in [1.807, 2.05) is 36.4 Å². The lowest BCUT2D eigenvalue weighted by Gasteiger charge is -2.17. The number of rotatable bonds is 4. The van der Waals surface area contributed by atoms with E-state index in [9.17, 15) is 9.90 Å². The quantitative estimate of drug-likeness (QED) is 0.817. The predicted octanol–water partition coefficient (Wildman–Crippen LogP) is 4.63. The Labute approximate surface area is 153 Å². The number of benzene rings is 2. The van der Waals surface area contributed by atoms with Crippen LogP contribution >= 0.6 is 0 Å². The minimum atomic E-state index is 0.0642. The second-order valence-corrected chi connectivity index (χ2v) is 6.23. The zero-order chi connectivity index (χ0) is 18.5. The van der Waals surface area contributed by atoms with Crippen molar-refractivity contribution in [1.29, 1.82) is 0 Å². The summed E-state index contributed by atoms with van der Waals surface area (Å²) in [7, 11) is 3.19. The van der Waals surface area contributed by atoms with Crippen LogP contribution in [0.25, 0.3) is 12.2 Å². The lowest BCUT2D eigenvalue weighted by Crippen LogP contribution is -2.12. The summed E-state index contributed by atoms with van der Waals surface area (Å²) in [6.45, 7) is 0. The second kappa shape index (κ2) is 7.91. The van der Waals surface area contributed by atoms with Gasteiger partial charge in [-0.15, -0.1) is 0 Å². The van der Waals surface area contributed by atoms with Gasteiger partial charge in [0.1, 0.15) is 5.75 Å². The third-order valence-corrected chi connectivity index (χ3v) is 4.44. The molecule has 0 atom stereocenters. The predicted molar refractivity (Wildman–Crippen MR) is 102 cm³/mol. The van der Waals surface area contributed by atoms with Crippen molar-refractivity contribution < 1.29 is 19.4 Å². The molecular weight excluding hydrogens is 328 g/mol. The second-order valence-electron chi connectivity index (χ2n) is 6.23. The first kappa shape index (κ1) is 17.8. The molecule has 0 aromatic heterocycles. The summed E-state index contributed by atoms with van der Waals surface area (Å²) in [5, 5.41) is 9.60. The van der Waals surface area contributed by atoms with Crippen LogP contribution in [0.15, 0.2) is 53.6 Å². The van der Waals surface area contributed by atoms with Crippen molar-refractivity contribution in [3.63, 3.8) is 0 Å². The molecule has 134 valence electrons. The zero-order valence-corrected chi connectivity index (χ0v) is 15.0. The summed E-state index contributed by atoms with van der Waals surface area (Å²) in [5.74, 6) is 1.56. The Morgan fingerprint density at radius 3 is 2.15 bits per heavy atom. The molecule has 0 spiro atoms. The van der Waals surface area contributed by atoms with Gasteiger partial charge in [-0.2, -0.15) is 0 Å². The number of phenolic OH excluding ortho intramolecular Hbond substituents is 1. The van der Waals surface area contributed by atoms with Gasteiger partial charge in [-0.05, 0) is 66.8 Å². The Hall–Kier alpha value is -3.01. The van der Waals surface area contributed by atoms with E-state index >= 15 is 0 Å². The molecule has 0 amide bonds. The first-order chi connectivity index (χ1) is 12.6. The molecule has 1 aliphatic rings. The van der Waals surface area contributed by atoms with E-state index in [0.717, 1.165) is 41.5 Å². The van der Waals surface area contributed by atoms with Gasteiger partial charge in [-0.25, -0.2) is 0 Å². The van der Waals surface area contributed by atoms with E-state index in [1.165, 1.54) is 0 Å². The fourth-order valence-electron chi connectivity index (χ4n) is 3.14. The van der Waals surface area contributed by atoms with Crippen molar-refractivity contribution in [1.82, 2.24) is 0 Å². The van der Waals surface area contributed by atoms with Crippen molar-refractivity contribution in [2.45, 2.75) is 19.3 Å². The molecule has 1 fully saturated rings. The van der Waals surface area contributed by atoms with Gasteiger partial charge in [0.05, 0.1) is 14.2 Å². The summed E-state index contributed by atoms with van der Waals surface area (Å²) in [5.41, 5.74) is 3.30. The highest BCUT2D eigenvalue weighted by Crippen LogP contribution is 2.31. The molecule has 1 N–H and O–H groups in total. The highest BCUT2D eigenvalue weighted by Gasteiger charge is 2.20. The standard InChI is InChI=1S/C22H22O4/c1-25-20-10-9-16(14-21(20)26-2)12-18-7-4-6-17(22(18)24)11-15-5-3-8-19(23)13-15/h3,5,8-14,23H,4,6-7H2,1-2H3. The number of hydrogen-bond acceptors (Lipinski definition) is 4. The van der Waals surface area contributed by atoms with Crippen LogP contribution in [-0.4, -0.2) is 25.1 Å². The minimum absolute atomic E-state index is 0.0642. The number of carbonyl (C=O) groups is 1. The Morgan fingerprint density at radius 1 is 0.885 bits per heavy atom. The van der Waals surface area contributed by atoms with Crippen LogP contribution < -0.4 is 9.47 Å². The Bertz CT molecular complexity index is 877. The summed E-state index contributed by atoms with van der Waals surface area (Å²) in [6.07, 6.45) is 6.21. The molecule has 1 saturated carbocycles. The van der Waals surface area contributed by atoms with Gasteiger partial charge in [0.25, 0.3) is 0 Å². The van der Waals surface area contributed by atoms with Gasteiger partial charge in [-0.3, -0.25) is 4.79 Å². The fourth-order valence-corrected chi connectivity index (χ4v) is 3.14. The number of ketones is 1. The summed E-state index contributed by atoms with van der Waals surface area (Å²) in [6, 6.07) is 12.5. The van der Waals surface area contributed by atoms with Crippen LogP contribution in [-0.2, 0) is 4.79 Å². The molecule has 0 unspecified atom stereocenters. The molecule has 4 heteroatoms. The van der Waals surface area contributed by atoms with Crippen LogP contribution in [0.4, 0.5) is 0 Å². The average molecular weight is 350 g/mol. The van der Waals surface area contributed by atoms with Crippen molar-refractivity contribution in [2.75, 3.05) is 14.2 Å². The lowest BCUT2D eigenvalue weighted by molar-refractivity contribution is -0.112. The molecule has 0 saturated heterocycles. The maximum atomic E-state index is 12.8. The molecule has 2 aromatic carbocycles.